The maximum atomic E-state index is 13.0. The summed E-state index contributed by atoms with van der Waals surface area (Å²) in [7, 11) is -4.07. The lowest BCUT2D eigenvalue weighted by Gasteiger charge is -2.14. The fourth-order valence-electron chi connectivity index (χ4n) is 3.63. The third-order valence-electron chi connectivity index (χ3n) is 5.41. The van der Waals surface area contributed by atoms with Crippen LogP contribution < -0.4 is 19.3 Å². The second kappa shape index (κ2) is 11.5. The van der Waals surface area contributed by atoms with Gasteiger partial charge in [0, 0.05) is 17.8 Å². The van der Waals surface area contributed by atoms with Crippen LogP contribution in [0.1, 0.15) is 23.8 Å². The number of carbonyl (C=O) groups excluding carboxylic acids is 1. The minimum Gasteiger partial charge on any atom is -0.481 e. The number of benzene rings is 2. The summed E-state index contributed by atoms with van der Waals surface area (Å²) in [6.45, 7) is 0.247. The molecule has 0 bridgehead atoms. The summed E-state index contributed by atoms with van der Waals surface area (Å²) in [5.74, 6) is -0.496. The predicted molar refractivity (Wildman–Crippen MR) is 136 cm³/mol. The van der Waals surface area contributed by atoms with E-state index in [0.717, 1.165) is 15.1 Å². The lowest BCUT2D eigenvalue weighted by molar-refractivity contribution is -0.512. The molecule has 0 aliphatic rings. The topological polar surface area (TPSA) is 142 Å². The van der Waals surface area contributed by atoms with Gasteiger partial charge in [-0.1, -0.05) is 46.4 Å². The fourth-order valence-corrected chi connectivity index (χ4v) is 4.77. The molecule has 2 aromatic carbocycles. The van der Waals surface area contributed by atoms with Crippen molar-refractivity contribution in [3.05, 3.63) is 109 Å². The molecule has 37 heavy (non-hydrogen) atoms. The van der Waals surface area contributed by atoms with Gasteiger partial charge in [-0.25, -0.2) is 4.79 Å². The Morgan fingerprint density at radius 2 is 1.68 bits per heavy atom. The van der Waals surface area contributed by atoms with Gasteiger partial charge in [0.05, 0.1) is 25.3 Å². The molecule has 0 saturated carbocycles. The number of aromatic nitrogens is 1. The minimum absolute atomic E-state index is 0.247. The van der Waals surface area contributed by atoms with Gasteiger partial charge < -0.3 is 20.2 Å². The summed E-state index contributed by atoms with van der Waals surface area (Å²) >= 11 is 0. The van der Waals surface area contributed by atoms with Crippen molar-refractivity contribution in [3.63, 3.8) is 0 Å². The van der Waals surface area contributed by atoms with Gasteiger partial charge in [-0.05, 0) is 41.0 Å². The normalized spacial score (nSPS) is 12.0. The number of carboxylic acids is 1. The maximum Gasteiger partial charge on any atom is 0.445 e. The first-order chi connectivity index (χ1) is 17.8. The summed E-state index contributed by atoms with van der Waals surface area (Å²) < 4.78 is 34.6. The van der Waals surface area contributed by atoms with Gasteiger partial charge in [-0.15, -0.1) is 8.42 Å². The van der Waals surface area contributed by atoms with Crippen LogP contribution >= 0.6 is 0 Å². The van der Waals surface area contributed by atoms with Crippen LogP contribution in [0.5, 0.6) is 0 Å². The molecule has 190 valence electrons. The molecule has 0 radical (unpaired) electrons. The zero-order chi connectivity index (χ0) is 26.3. The zero-order valence-corrected chi connectivity index (χ0v) is 20.4. The maximum absolute atomic E-state index is 13.0. The summed E-state index contributed by atoms with van der Waals surface area (Å²) in [4.78, 5) is 23.5. The van der Waals surface area contributed by atoms with E-state index in [-0.39, 0.29) is 6.54 Å². The molecule has 1 atom stereocenters. The molecular formula is C26H25N4O6S+. The Balaban J connectivity index is 1.45. The van der Waals surface area contributed by atoms with E-state index in [1.54, 1.807) is 72.8 Å². The van der Waals surface area contributed by atoms with Gasteiger partial charge in [0.25, 0.3) is 0 Å². The molecule has 2 aromatic heterocycles. The number of amides is 2. The van der Waals surface area contributed by atoms with Gasteiger partial charge in [-0.2, -0.15) is 4.72 Å². The third kappa shape index (κ3) is 7.03. The highest BCUT2D eigenvalue weighted by Gasteiger charge is 2.28. The smallest absolute Gasteiger partial charge is 0.445 e. The fraction of sp³-hybridized carbons (Fsp3) is 0.115. The number of furan rings is 1. The molecule has 0 aliphatic heterocycles. The van der Waals surface area contributed by atoms with Crippen molar-refractivity contribution in [1.29, 1.82) is 0 Å². The van der Waals surface area contributed by atoms with E-state index >= 15 is 0 Å². The van der Waals surface area contributed by atoms with Crippen molar-refractivity contribution in [2.24, 2.45) is 0 Å². The first-order valence-corrected chi connectivity index (χ1v) is 12.7. The number of hydrogen-bond donors (Lipinski definition) is 4. The van der Waals surface area contributed by atoms with Crippen LogP contribution in [0.15, 0.2) is 102 Å². The van der Waals surface area contributed by atoms with Gasteiger partial charge in [0.1, 0.15) is 5.76 Å². The van der Waals surface area contributed by atoms with E-state index in [9.17, 15) is 23.1 Å². The highest BCUT2D eigenvalue weighted by molar-refractivity contribution is 7.82. The first-order valence-electron chi connectivity index (χ1n) is 11.3. The number of hydrogen-bond acceptors (Lipinski definition) is 5. The van der Waals surface area contributed by atoms with Gasteiger partial charge >= 0.3 is 22.2 Å². The quantitative estimate of drug-likeness (QED) is 0.236. The Labute approximate surface area is 213 Å². The molecule has 4 N–H and O–H groups in total. The van der Waals surface area contributed by atoms with E-state index in [0.29, 0.717) is 17.0 Å². The number of pyridine rings is 1. The Hall–Kier alpha value is -4.48. The number of carboxylic acid groups (broad SMARTS) is 1. The first kappa shape index (κ1) is 25.6. The van der Waals surface area contributed by atoms with Crippen LogP contribution in [0.2, 0.25) is 0 Å². The van der Waals surface area contributed by atoms with E-state index in [4.69, 9.17) is 4.42 Å². The number of urea groups is 1. The molecule has 0 fully saturated rings. The molecule has 2 heterocycles. The van der Waals surface area contributed by atoms with Crippen LogP contribution in [0.3, 0.4) is 0 Å². The van der Waals surface area contributed by atoms with Gasteiger partial charge in [0.2, 0.25) is 0 Å². The Bertz CT molecular complexity index is 1460. The molecular weight excluding hydrogens is 496 g/mol. The summed E-state index contributed by atoms with van der Waals surface area (Å²) in [5.41, 5.74) is 2.58. The lowest BCUT2D eigenvalue weighted by atomic mass is 10.1. The second-order valence-corrected chi connectivity index (χ2v) is 9.68. The Morgan fingerprint density at radius 3 is 2.35 bits per heavy atom. The van der Waals surface area contributed by atoms with Crippen molar-refractivity contribution in [2.45, 2.75) is 19.0 Å². The van der Waals surface area contributed by atoms with Crippen LogP contribution in [0, 0.1) is 0 Å². The average Bonchev–Trinajstić information content (AvgIpc) is 3.41. The minimum atomic E-state index is -4.07. The number of rotatable bonds is 10. The molecule has 0 aliphatic carbocycles. The molecule has 4 aromatic rings. The van der Waals surface area contributed by atoms with E-state index < -0.39 is 34.7 Å². The largest absolute Gasteiger partial charge is 0.481 e. The average molecular weight is 522 g/mol. The third-order valence-corrected chi connectivity index (χ3v) is 6.79. The Morgan fingerprint density at radius 1 is 0.919 bits per heavy atom. The van der Waals surface area contributed by atoms with Gasteiger partial charge in [0.15, 0.2) is 12.4 Å². The van der Waals surface area contributed by atoms with Crippen molar-refractivity contribution in [2.75, 3.05) is 5.32 Å². The van der Waals surface area contributed by atoms with Crippen molar-refractivity contribution >= 4 is 27.9 Å². The number of aliphatic carboxylic acids is 1. The molecule has 10 nitrogen and oxygen atoms in total. The molecule has 2 amide bonds. The molecule has 4 rings (SSSR count). The number of anilines is 1. The number of nitrogens with zero attached hydrogens (tertiary/aromatic N) is 1. The number of carbonyl (C=O) groups is 2. The van der Waals surface area contributed by atoms with Crippen molar-refractivity contribution < 1.29 is 31.5 Å². The van der Waals surface area contributed by atoms with Crippen LogP contribution in [0.25, 0.3) is 11.1 Å². The summed E-state index contributed by atoms with van der Waals surface area (Å²) in [6.07, 6.45) is 3.87. The Kier molecular flexibility index (Phi) is 7.96. The highest BCUT2D eigenvalue weighted by Crippen LogP contribution is 2.22. The van der Waals surface area contributed by atoms with E-state index in [1.165, 1.54) is 18.7 Å². The zero-order valence-electron chi connectivity index (χ0n) is 19.6. The molecule has 0 saturated heterocycles. The second-order valence-electron chi connectivity index (χ2n) is 8.07. The standard InChI is InChI=1S/C26H24N4O6S/c31-25(32)17-24(20-6-2-1-3-7-20)29-37(34,35)30-13-11-19(12-14-30)21-8-4-9-22(16-21)28-26(33)27-18-23-10-5-15-36-23/h1-16,24,29H,17-18H2,(H2-,27,28,31,32,33)/p+1. The van der Waals surface area contributed by atoms with Crippen LogP contribution in [-0.2, 0) is 21.5 Å². The van der Waals surface area contributed by atoms with Crippen molar-refractivity contribution in [1.82, 2.24) is 10.0 Å². The SMILES string of the molecule is O=C(O)CC(NS(=O)(=O)[n+]1ccc(-c2cccc(NC(=O)NCc3ccco3)c2)cc1)c1ccccc1. The predicted octanol–water partition coefficient (Wildman–Crippen LogP) is 3.45. The van der Waals surface area contributed by atoms with Crippen molar-refractivity contribution in [3.8, 4) is 11.1 Å². The summed E-state index contributed by atoms with van der Waals surface area (Å²) in [5, 5.41) is 14.7. The van der Waals surface area contributed by atoms with Crippen LogP contribution in [0.4, 0.5) is 10.5 Å². The molecule has 1 unspecified atom stereocenters. The van der Waals surface area contributed by atoms with E-state index in [1.807, 2.05) is 6.07 Å². The lowest BCUT2D eigenvalue weighted by Crippen LogP contribution is -2.51. The monoisotopic (exact) mass is 521 g/mol. The van der Waals surface area contributed by atoms with Gasteiger partial charge in [-0.3, -0.25) is 4.79 Å². The molecule has 0 spiro atoms. The van der Waals surface area contributed by atoms with Crippen LogP contribution in [-0.4, -0.2) is 25.5 Å². The number of nitrogens with one attached hydrogen (secondary N) is 3. The molecule has 11 heteroatoms. The van der Waals surface area contributed by atoms with E-state index in [2.05, 4.69) is 15.4 Å². The summed E-state index contributed by atoms with van der Waals surface area (Å²) in [6, 6.07) is 21.0. The highest BCUT2D eigenvalue weighted by atomic mass is 32.2.